The highest BCUT2D eigenvalue weighted by molar-refractivity contribution is 6.17. The second-order valence-corrected chi connectivity index (χ2v) is 7.68. The standard InChI is InChI=1S/C13H13F17O2Si/c1-5(14)7(17,18)9(21,22)11(25,26)13(29,30)12(27,28)10(23,24)8(19,20)6(15,16)3-4-32-33-31-2/h5H,3-4,33H2,1-2H3. The lowest BCUT2D eigenvalue weighted by molar-refractivity contribution is -0.455. The van der Waals surface area contributed by atoms with Crippen molar-refractivity contribution in [1.82, 2.24) is 0 Å². The van der Waals surface area contributed by atoms with E-state index in [0.29, 0.717) is 0 Å². The summed E-state index contributed by atoms with van der Waals surface area (Å²) in [5.41, 5.74) is 0. The number of hydrogen-bond donors (Lipinski definition) is 0. The van der Waals surface area contributed by atoms with Gasteiger partial charge in [0.25, 0.3) is 0 Å². The van der Waals surface area contributed by atoms with Crippen molar-refractivity contribution in [1.29, 1.82) is 0 Å². The summed E-state index contributed by atoms with van der Waals surface area (Å²) in [6.07, 6.45) is -7.08. The van der Waals surface area contributed by atoms with Crippen LogP contribution in [0.3, 0.4) is 0 Å². The van der Waals surface area contributed by atoms with Crippen molar-refractivity contribution < 1.29 is 83.5 Å². The van der Waals surface area contributed by atoms with Crippen LogP contribution < -0.4 is 0 Å². The van der Waals surface area contributed by atoms with Crippen molar-refractivity contribution in [3.8, 4) is 0 Å². The molecule has 0 saturated carbocycles. The third kappa shape index (κ3) is 4.62. The zero-order valence-corrected chi connectivity index (χ0v) is 17.4. The Bertz CT molecular complexity index is 663. The first-order valence-corrected chi connectivity index (χ1v) is 9.14. The molecule has 0 rings (SSSR count). The molecule has 0 aromatic rings. The quantitative estimate of drug-likeness (QED) is 0.171. The molecule has 0 aromatic heterocycles. The predicted octanol–water partition coefficient (Wildman–Crippen LogP) is 5.48. The van der Waals surface area contributed by atoms with Crippen LogP contribution in [0, 0.1) is 0 Å². The van der Waals surface area contributed by atoms with Gasteiger partial charge in [0.2, 0.25) is 0 Å². The Labute approximate surface area is 175 Å². The lowest BCUT2D eigenvalue weighted by Crippen LogP contribution is -2.75. The smallest absolute Gasteiger partial charge is 0.385 e. The highest BCUT2D eigenvalue weighted by Gasteiger charge is 2.95. The van der Waals surface area contributed by atoms with Crippen LogP contribution in [0.4, 0.5) is 74.6 Å². The highest BCUT2D eigenvalue weighted by Crippen LogP contribution is 2.64. The van der Waals surface area contributed by atoms with Crippen LogP contribution >= 0.6 is 0 Å². The van der Waals surface area contributed by atoms with Crippen LogP contribution in [-0.2, 0) is 8.85 Å². The van der Waals surface area contributed by atoms with E-state index in [1.54, 1.807) is 0 Å². The molecule has 2 nitrogen and oxygen atoms in total. The Kier molecular flexibility index (Phi) is 8.90. The summed E-state index contributed by atoms with van der Waals surface area (Å²) in [4.78, 5) is 0. The van der Waals surface area contributed by atoms with Gasteiger partial charge in [-0.25, -0.2) is 4.39 Å². The van der Waals surface area contributed by atoms with Crippen LogP contribution in [0.5, 0.6) is 0 Å². The first-order valence-electron chi connectivity index (χ1n) is 7.99. The van der Waals surface area contributed by atoms with E-state index in [0.717, 1.165) is 7.11 Å². The molecule has 1 atom stereocenters. The van der Waals surface area contributed by atoms with Crippen molar-refractivity contribution in [2.24, 2.45) is 0 Å². The summed E-state index contributed by atoms with van der Waals surface area (Å²) < 4.78 is 235. The van der Waals surface area contributed by atoms with Crippen molar-refractivity contribution in [3.05, 3.63) is 0 Å². The first-order chi connectivity index (χ1) is 14.3. The minimum absolute atomic E-state index is 0.641. The summed E-state index contributed by atoms with van der Waals surface area (Å²) in [6, 6.07) is 0. The summed E-state index contributed by atoms with van der Waals surface area (Å²) in [5, 5.41) is 0. The Morgan fingerprint density at radius 2 is 0.939 bits per heavy atom. The van der Waals surface area contributed by atoms with E-state index < -0.39 is 83.5 Å². The minimum atomic E-state index is -8.55. The molecular weight excluding hydrogens is 539 g/mol. The molecule has 1 unspecified atom stereocenters. The van der Waals surface area contributed by atoms with Crippen LogP contribution in [0.2, 0.25) is 0 Å². The summed E-state index contributed by atoms with van der Waals surface area (Å²) in [6.45, 7) is -2.26. The Balaban J connectivity index is 6.51. The van der Waals surface area contributed by atoms with Gasteiger partial charge < -0.3 is 8.85 Å². The van der Waals surface area contributed by atoms with E-state index in [1.165, 1.54) is 0 Å². The Hall–Kier alpha value is -1.05. The fraction of sp³-hybridized carbons (Fsp3) is 1.00. The average Bonchev–Trinajstić information content (AvgIpc) is 2.63. The summed E-state index contributed by atoms with van der Waals surface area (Å²) >= 11 is 0. The van der Waals surface area contributed by atoms with Crippen molar-refractivity contribution in [3.63, 3.8) is 0 Å². The van der Waals surface area contributed by atoms with Gasteiger partial charge >= 0.3 is 57.4 Å². The minimum Gasteiger partial charge on any atom is -0.402 e. The van der Waals surface area contributed by atoms with Gasteiger partial charge in [0.15, 0.2) is 6.17 Å². The van der Waals surface area contributed by atoms with E-state index in [2.05, 4.69) is 8.85 Å². The molecule has 0 heterocycles. The van der Waals surface area contributed by atoms with Crippen LogP contribution in [0.1, 0.15) is 13.3 Å². The van der Waals surface area contributed by atoms with Crippen LogP contribution in [-0.4, -0.2) is 77.3 Å². The molecule has 0 aromatic carbocycles. The summed E-state index contributed by atoms with van der Waals surface area (Å²) in [5.74, 6) is -62.6. The maximum absolute atomic E-state index is 13.6. The summed E-state index contributed by atoms with van der Waals surface area (Å²) in [7, 11) is -1.25. The van der Waals surface area contributed by atoms with Gasteiger partial charge in [-0.15, -0.1) is 0 Å². The lowest BCUT2D eigenvalue weighted by Gasteiger charge is -2.43. The molecule has 0 bridgehead atoms. The molecule has 0 spiro atoms. The molecule has 0 radical (unpaired) electrons. The van der Waals surface area contributed by atoms with Crippen molar-refractivity contribution in [2.75, 3.05) is 13.7 Å². The van der Waals surface area contributed by atoms with E-state index in [-0.39, 0.29) is 0 Å². The van der Waals surface area contributed by atoms with Gasteiger partial charge in [0.05, 0.1) is 0 Å². The zero-order valence-electron chi connectivity index (χ0n) is 15.9. The van der Waals surface area contributed by atoms with E-state index in [9.17, 15) is 74.6 Å². The SMILES string of the molecule is CO[SiH2]OCCC(F)(F)C(F)(F)C(F)(F)C(F)(F)C(F)(F)C(F)(F)C(F)(F)C(F)(F)C(C)F. The van der Waals surface area contributed by atoms with Crippen LogP contribution in [0.15, 0.2) is 0 Å². The van der Waals surface area contributed by atoms with Gasteiger partial charge in [-0.05, 0) is 6.92 Å². The third-order valence-electron chi connectivity index (χ3n) is 4.11. The second kappa shape index (κ2) is 9.19. The van der Waals surface area contributed by atoms with E-state index in [1.807, 2.05) is 0 Å². The fourth-order valence-corrected chi connectivity index (χ4v) is 2.41. The number of rotatable bonds is 13. The predicted molar refractivity (Wildman–Crippen MR) is 76.3 cm³/mol. The van der Waals surface area contributed by atoms with E-state index in [4.69, 9.17) is 0 Å². The maximum atomic E-state index is 13.6. The maximum Gasteiger partial charge on any atom is 0.385 e. The van der Waals surface area contributed by atoms with Crippen LogP contribution in [0.25, 0.3) is 0 Å². The Morgan fingerprint density at radius 1 is 0.606 bits per heavy atom. The molecule has 0 aliphatic carbocycles. The Morgan fingerprint density at radius 3 is 1.27 bits per heavy atom. The molecular formula is C13H13F17O2Si. The van der Waals surface area contributed by atoms with Gasteiger partial charge in [-0.1, -0.05) is 0 Å². The lowest BCUT2D eigenvalue weighted by atomic mass is 9.86. The van der Waals surface area contributed by atoms with Crippen molar-refractivity contribution >= 4 is 10.0 Å². The fourth-order valence-electron chi connectivity index (χ4n) is 1.98. The molecule has 0 saturated heterocycles. The van der Waals surface area contributed by atoms with Gasteiger partial charge in [0, 0.05) is 20.1 Å². The molecule has 0 aliphatic heterocycles. The highest BCUT2D eigenvalue weighted by atomic mass is 28.3. The number of alkyl halides is 17. The largest absolute Gasteiger partial charge is 0.402 e. The molecule has 0 aliphatic rings. The molecule has 0 N–H and O–H groups in total. The molecule has 20 heteroatoms. The normalized spacial score (nSPS) is 17.2. The molecule has 200 valence electrons. The molecule has 0 amide bonds. The average molecular weight is 552 g/mol. The third-order valence-corrected chi connectivity index (χ3v) is 4.80. The zero-order chi connectivity index (χ0) is 27.1. The van der Waals surface area contributed by atoms with Gasteiger partial charge in [0.1, 0.15) is 0 Å². The topological polar surface area (TPSA) is 18.5 Å². The van der Waals surface area contributed by atoms with Gasteiger partial charge in [-0.2, -0.15) is 70.2 Å². The monoisotopic (exact) mass is 552 g/mol. The first kappa shape index (κ1) is 31.9. The van der Waals surface area contributed by atoms with Gasteiger partial charge in [-0.3, -0.25) is 0 Å². The number of hydrogen-bond acceptors (Lipinski definition) is 2. The van der Waals surface area contributed by atoms with E-state index >= 15 is 0 Å². The number of halogens is 17. The molecule has 0 fully saturated rings. The second-order valence-electron chi connectivity index (χ2n) is 6.45. The molecule has 33 heavy (non-hydrogen) atoms. The van der Waals surface area contributed by atoms with Crippen molar-refractivity contribution in [2.45, 2.75) is 66.9 Å².